The van der Waals surface area contributed by atoms with E-state index in [1.807, 2.05) is 32.0 Å². The third-order valence-corrected chi connectivity index (χ3v) is 3.78. The Kier molecular flexibility index (Phi) is 7.98. The lowest BCUT2D eigenvalue weighted by atomic mass is 9.90. The third kappa shape index (κ3) is 6.37. The van der Waals surface area contributed by atoms with Gasteiger partial charge in [-0.25, -0.2) is 0 Å². The molecule has 7 heteroatoms. The molecule has 1 aliphatic heterocycles. The Bertz CT molecular complexity index is 617. The van der Waals surface area contributed by atoms with Gasteiger partial charge in [-0.1, -0.05) is 18.2 Å². The molecule has 0 fully saturated rings. The standard InChI is InChI=1S/C18H28N4O2.HI/c1-12(2)21-16(23)11-20-17(19-5)22-14-10-18(3,4)24-15-9-7-6-8-13(14)15;/h6-9,12,14H,10-11H2,1-5H3,(H,21,23)(H2,19,20,22);1H. The molecular formula is C18H29IN4O2. The number of hydrogen-bond acceptors (Lipinski definition) is 3. The van der Waals surface area contributed by atoms with E-state index in [1.54, 1.807) is 7.05 Å². The highest BCUT2D eigenvalue weighted by atomic mass is 127. The molecule has 1 amide bonds. The van der Waals surface area contributed by atoms with Crippen LogP contribution >= 0.6 is 24.0 Å². The van der Waals surface area contributed by atoms with Crippen LogP contribution in [0.3, 0.4) is 0 Å². The summed E-state index contributed by atoms with van der Waals surface area (Å²) in [6.45, 7) is 8.21. The molecule has 25 heavy (non-hydrogen) atoms. The van der Waals surface area contributed by atoms with E-state index in [0.29, 0.717) is 5.96 Å². The highest BCUT2D eigenvalue weighted by molar-refractivity contribution is 14.0. The van der Waals surface area contributed by atoms with Gasteiger partial charge in [-0.2, -0.15) is 0 Å². The number of aliphatic imine (C=N–C) groups is 1. The fourth-order valence-corrected chi connectivity index (χ4v) is 2.83. The van der Waals surface area contributed by atoms with Crippen LogP contribution in [0.4, 0.5) is 0 Å². The quantitative estimate of drug-likeness (QED) is 0.367. The monoisotopic (exact) mass is 460 g/mol. The summed E-state index contributed by atoms with van der Waals surface area (Å²) in [4.78, 5) is 16.0. The van der Waals surface area contributed by atoms with Crippen LogP contribution in [0, 0.1) is 0 Å². The third-order valence-electron chi connectivity index (χ3n) is 3.78. The number of para-hydroxylation sites is 1. The van der Waals surface area contributed by atoms with Crippen molar-refractivity contribution in [2.75, 3.05) is 13.6 Å². The summed E-state index contributed by atoms with van der Waals surface area (Å²) < 4.78 is 6.04. The Balaban J connectivity index is 0.00000312. The maximum Gasteiger partial charge on any atom is 0.239 e. The summed E-state index contributed by atoms with van der Waals surface area (Å²) in [6, 6.07) is 8.21. The van der Waals surface area contributed by atoms with Crippen LogP contribution in [0.15, 0.2) is 29.3 Å². The van der Waals surface area contributed by atoms with E-state index in [1.165, 1.54) is 0 Å². The molecule has 1 atom stereocenters. The second kappa shape index (κ2) is 9.26. The molecule has 140 valence electrons. The topological polar surface area (TPSA) is 74.8 Å². The summed E-state index contributed by atoms with van der Waals surface area (Å²) >= 11 is 0. The lowest BCUT2D eigenvalue weighted by Crippen LogP contribution is -2.48. The molecule has 3 N–H and O–H groups in total. The fourth-order valence-electron chi connectivity index (χ4n) is 2.83. The summed E-state index contributed by atoms with van der Waals surface area (Å²) in [5, 5.41) is 9.32. The largest absolute Gasteiger partial charge is 0.487 e. The Morgan fingerprint density at radius 2 is 2.04 bits per heavy atom. The number of fused-ring (bicyclic) bond motifs is 1. The second-order valence-corrected chi connectivity index (χ2v) is 6.95. The van der Waals surface area contributed by atoms with E-state index in [0.717, 1.165) is 17.7 Å². The van der Waals surface area contributed by atoms with Gasteiger partial charge in [0.05, 0.1) is 12.6 Å². The van der Waals surface area contributed by atoms with E-state index < -0.39 is 0 Å². The van der Waals surface area contributed by atoms with Crippen molar-refractivity contribution < 1.29 is 9.53 Å². The number of ether oxygens (including phenoxy) is 1. The molecule has 0 saturated heterocycles. The van der Waals surface area contributed by atoms with E-state index in [9.17, 15) is 4.79 Å². The van der Waals surface area contributed by atoms with Gasteiger partial charge in [0.1, 0.15) is 11.4 Å². The lowest BCUT2D eigenvalue weighted by molar-refractivity contribution is -0.120. The fraction of sp³-hybridized carbons (Fsp3) is 0.556. The first kappa shape index (κ1) is 21.5. The molecule has 0 aliphatic carbocycles. The SMILES string of the molecule is CN=C(NCC(=O)NC(C)C)NC1CC(C)(C)Oc2ccccc21.I. The second-order valence-electron chi connectivity index (χ2n) is 6.95. The molecule has 0 spiro atoms. The number of hydrogen-bond donors (Lipinski definition) is 3. The molecule has 1 unspecified atom stereocenters. The van der Waals surface area contributed by atoms with Crippen molar-refractivity contribution in [2.45, 2.75) is 51.8 Å². The minimum absolute atomic E-state index is 0. The Morgan fingerprint density at radius 3 is 2.68 bits per heavy atom. The lowest BCUT2D eigenvalue weighted by Gasteiger charge is -2.38. The Morgan fingerprint density at radius 1 is 1.36 bits per heavy atom. The molecule has 0 saturated carbocycles. The van der Waals surface area contributed by atoms with Crippen molar-refractivity contribution in [2.24, 2.45) is 4.99 Å². The summed E-state index contributed by atoms with van der Waals surface area (Å²) in [5.74, 6) is 1.44. The van der Waals surface area contributed by atoms with Crippen molar-refractivity contribution >= 4 is 35.8 Å². The number of halogens is 1. The van der Waals surface area contributed by atoms with E-state index >= 15 is 0 Å². The average molecular weight is 460 g/mol. The minimum Gasteiger partial charge on any atom is -0.487 e. The van der Waals surface area contributed by atoms with Crippen molar-refractivity contribution in [3.8, 4) is 5.75 Å². The molecule has 0 bridgehead atoms. The summed E-state index contributed by atoms with van der Waals surface area (Å²) in [6.07, 6.45) is 0.808. The number of amides is 1. The molecule has 6 nitrogen and oxygen atoms in total. The molecule has 1 aliphatic rings. The predicted octanol–water partition coefficient (Wildman–Crippen LogP) is 2.60. The number of carbonyl (C=O) groups excluding carboxylic acids is 1. The van der Waals surface area contributed by atoms with Gasteiger partial charge in [0, 0.05) is 25.1 Å². The minimum atomic E-state index is -0.264. The van der Waals surface area contributed by atoms with Crippen LogP contribution in [0.25, 0.3) is 0 Å². The number of nitrogens with one attached hydrogen (secondary N) is 3. The van der Waals surface area contributed by atoms with Crippen molar-refractivity contribution in [1.82, 2.24) is 16.0 Å². The summed E-state index contributed by atoms with van der Waals surface area (Å²) in [7, 11) is 1.70. The molecule has 0 aromatic heterocycles. The number of rotatable bonds is 4. The smallest absolute Gasteiger partial charge is 0.239 e. The Hall–Kier alpha value is -1.51. The van der Waals surface area contributed by atoms with Crippen molar-refractivity contribution in [1.29, 1.82) is 0 Å². The zero-order valence-electron chi connectivity index (χ0n) is 15.6. The first-order valence-corrected chi connectivity index (χ1v) is 8.35. The first-order valence-electron chi connectivity index (χ1n) is 8.35. The van der Waals surface area contributed by atoms with Crippen LogP contribution in [0.5, 0.6) is 5.75 Å². The van der Waals surface area contributed by atoms with Crippen LogP contribution < -0.4 is 20.7 Å². The van der Waals surface area contributed by atoms with E-state index in [2.05, 4.69) is 40.9 Å². The normalized spacial score (nSPS) is 18.5. The van der Waals surface area contributed by atoms with Gasteiger partial charge in [0.2, 0.25) is 5.91 Å². The molecule has 1 aromatic carbocycles. The van der Waals surface area contributed by atoms with Gasteiger partial charge >= 0.3 is 0 Å². The molecular weight excluding hydrogens is 431 g/mol. The van der Waals surface area contributed by atoms with Crippen LogP contribution in [-0.4, -0.2) is 37.1 Å². The molecule has 2 rings (SSSR count). The highest BCUT2D eigenvalue weighted by Crippen LogP contribution is 2.39. The highest BCUT2D eigenvalue weighted by Gasteiger charge is 2.33. The van der Waals surface area contributed by atoms with Crippen LogP contribution in [-0.2, 0) is 4.79 Å². The predicted molar refractivity (Wildman–Crippen MR) is 112 cm³/mol. The number of benzene rings is 1. The zero-order chi connectivity index (χ0) is 17.7. The van der Waals surface area contributed by atoms with Gasteiger partial charge in [-0.05, 0) is 33.8 Å². The van der Waals surface area contributed by atoms with Gasteiger partial charge in [0.15, 0.2) is 5.96 Å². The van der Waals surface area contributed by atoms with E-state index in [4.69, 9.17) is 4.74 Å². The Labute approximate surface area is 167 Å². The van der Waals surface area contributed by atoms with Crippen LogP contribution in [0.1, 0.15) is 45.7 Å². The maximum absolute atomic E-state index is 11.8. The maximum atomic E-state index is 11.8. The average Bonchev–Trinajstić information content (AvgIpc) is 2.49. The number of guanidine groups is 1. The zero-order valence-corrected chi connectivity index (χ0v) is 17.9. The van der Waals surface area contributed by atoms with Crippen LogP contribution in [0.2, 0.25) is 0 Å². The van der Waals surface area contributed by atoms with Gasteiger partial charge in [-0.15, -0.1) is 24.0 Å². The first-order chi connectivity index (χ1) is 11.3. The van der Waals surface area contributed by atoms with Gasteiger partial charge in [0.25, 0.3) is 0 Å². The number of nitrogens with zero attached hydrogens (tertiary/aromatic N) is 1. The molecule has 0 radical (unpaired) electrons. The van der Waals surface area contributed by atoms with E-state index in [-0.39, 0.29) is 54.1 Å². The van der Waals surface area contributed by atoms with Gasteiger partial charge < -0.3 is 20.7 Å². The summed E-state index contributed by atoms with van der Waals surface area (Å²) in [5.41, 5.74) is 0.839. The molecule has 1 aromatic rings. The van der Waals surface area contributed by atoms with Gasteiger partial charge in [-0.3, -0.25) is 9.79 Å². The van der Waals surface area contributed by atoms with Crippen molar-refractivity contribution in [3.05, 3.63) is 29.8 Å². The number of carbonyl (C=O) groups is 1. The van der Waals surface area contributed by atoms with Crippen molar-refractivity contribution in [3.63, 3.8) is 0 Å². The molecule has 1 heterocycles.